The van der Waals surface area contributed by atoms with E-state index in [9.17, 15) is 13.2 Å². The van der Waals surface area contributed by atoms with Crippen molar-refractivity contribution in [1.29, 1.82) is 0 Å². The lowest BCUT2D eigenvalue weighted by Crippen LogP contribution is -2.37. The van der Waals surface area contributed by atoms with Crippen molar-refractivity contribution in [2.24, 2.45) is 5.41 Å². The number of methoxy groups -OCH3 is 1. The Morgan fingerprint density at radius 1 is 1.22 bits per heavy atom. The molecule has 144 valence electrons. The first-order chi connectivity index (χ1) is 12.8. The number of carbonyl (C=O) groups is 1. The third-order valence-corrected chi connectivity index (χ3v) is 5.76. The summed E-state index contributed by atoms with van der Waals surface area (Å²) in [6.45, 7) is 0. The van der Waals surface area contributed by atoms with Crippen molar-refractivity contribution in [2.45, 2.75) is 31.7 Å². The van der Waals surface area contributed by atoms with E-state index in [1.54, 1.807) is 0 Å². The van der Waals surface area contributed by atoms with Gasteiger partial charge in [-0.05, 0) is 31.4 Å². The van der Waals surface area contributed by atoms with Crippen molar-refractivity contribution in [2.75, 3.05) is 13.4 Å². The smallest absolute Gasteiger partial charge is 0.312 e. The predicted octanol–water partition coefficient (Wildman–Crippen LogP) is 2.55. The van der Waals surface area contributed by atoms with Gasteiger partial charge >= 0.3 is 5.97 Å². The van der Waals surface area contributed by atoms with Gasteiger partial charge in [-0.2, -0.15) is 0 Å². The van der Waals surface area contributed by atoms with E-state index in [0.717, 1.165) is 23.2 Å². The van der Waals surface area contributed by atoms with Crippen molar-refractivity contribution in [1.82, 2.24) is 9.71 Å². The number of ether oxygens (including phenoxy) is 1. The Bertz CT molecular complexity index is 915. The van der Waals surface area contributed by atoms with E-state index in [1.807, 2.05) is 48.5 Å². The number of nitrogens with one attached hydrogen (secondary N) is 1. The average molecular weight is 388 g/mol. The molecule has 0 spiro atoms. The summed E-state index contributed by atoms with van der Waals surface area (Å²) in [5.74, 6) is -0.313. The number of pyridine rings is 1. The highest BCUT2D eigenvalue weighted by atomic mass is 32.2. The van der Waals surface area contributed by atoms with Crippen LogP contribution in [0.15, 0.2) is 48.5 Å². The molecule has 0 bridgehead atoms. The molecule has 7 heteroatoms. The summed E-state index contributed by atoms with van der Waals surface area (Å²) < 4.78 is 30.8. The van der Waals surface area contributed by atoms with Gasteiger partial charge in [-0.15, -0.1) is 0 Å². The maximum Gasteiger partial charge on any atom is 0.312 e. The average Bonchev–Trinajstić information content (AvgIpc) is 3.03. The molecule has 2 aromatic rings. The molecule has 1 N–H and O–H groups in total. The van der Waals surface area contributed by atoms with E-state index < -0.39 is 15.4 Å². The van der Waals surface area contributed by atoms with Gasteiger partial charge in [0.15, 0.2) is 0 Å². The van der Waals surface area contributed by atoms with Crippen molar-refractivity contribution in [3.05, 3.63) is 54.2 Å². The highest BCUT2D eigenvalue weighted by molar-refractivity contribution is 7.88. The minimum absolute atomic E-state index is 0.267. The summed E-state index contributed by atoms with van der Waals surface area (Å²) in [5, 5.41) is 0. The second-order valence-corrected chi connectivity index (χ2v) is 8.94. The predicted molar refractivity (Wildman–Crippen MR) is 103 cm³/mol. The molecule has 1 heterocycles. The Hall–Kier alpha value is -2.25. The van der Waals surface area contributed by atoms with E-state index in [-0.39, 0.29) is 12.0 Å². The number of nitrogens with zero attached hydrogens (tertiary/aromatic N) is 1. The van der Waals surface area contributed by atoms with Crippen LogP contribution in [0.25, 0.3) is 11.3 Å². The summed E-state index contributed by atoms with van der Waals surface area (Å²) in [6, 6.07) is 15.3. The largest absolute Gasteiger partial charge is 0.469 e. The Balaban J connectivity index is 1.85. The molecule has 0 amide bonds. The molecule has 0 unspecified atom stereocenters. The van der Waals surface area contributed by atoms with Crippen molar-refractivity contribution in [3.63, 3.8) is 0 Å². The maximum absolute atomic E-state index is 12.6. The number of benzene rings is 1. The lowest BCUT2D eigenvalue weighted by Gasteiger charge is -2.26. The first-order valence-electron chi connectivity index (χ1n) is 8.88. The van der Waals surface area contributed by atoms with Crippen molar-refractivity contribution < 1.29 is 17.9 Å². The van der Waals surface area contributed by atoms with Crippen LogP contribution >= 0.6 is 0 Å². The summed E-state index contributed by atoms with van der Waals surface area (Å²) in [6.07, 6.45) is 3.12. The Labute approximate surface area is 160 Å². The SMILES string of the molecule is COC(=O)[C@@]1(Cc2cccc(-c3ccccc3)n2)CC[C@H](NS(C)(=O)=O)C1. The van der Waals surface area contributed by atoms with E-state index in [4.69, 9.17) is 9.72 Å². The van der Waals surface area contributed by atoms with Gasteiger partial charge in [0.05, 0.1) is 24.5 Å². The van der Waals surface area contributed by atoms with Crippen LogP contribution in [0.1, 0.15) is 25.0 Å². The third-order valence-electron chi connectivity index (χ3n) is 5.00. The van der Waals surface area contributed by atoms with E-state index in [1.165, 1.54) is 7.11 Å². The van der Waals surface area contributed by atoms with E-state index in [0.29, 0.717) is 25.7 Å². The molecule has 0 aliphatic heterocycles. The third kappa shape index (κ3) is 4.73. The first kappa shape index (κ1) is 19.5. The highest BCUT2D eigenvalue weighted by Crippen LogP contribution is 2.42. The topological polar surface area (TPSA) is 85.4 Å². The molecule has 1 fully saturated rings. The molecular formula is C20H24N2O4S. The van der Waals surface area contributed by atoms with Crippen LogP contribution in [0.2, 0.25) is 0 Å². The van der Waals surface area contributed by atoms with E-state index in [2.05, 4.69) is 4.72 Å². The molecule has 1 aromatic carbocycles. The minimum Gasteiger partial charge on any atom is -0.469 e. The molecule has 1 saturated carbocycles. The zero-order valence-electron chi connectivity index (χ0n) is 15.5. The Morgan fingerprint density at radius 2 is 1.96 bits per heavy atom. The van der Waals surface area contributed by atoms with Gasteiger partial charge in [0.2, 0.25) is 10.0 Å². The number of sulfonamides is 1. The van der Waals surface area contributed by atoms with E-state index >= 15 is 0 Å². The monoisotopic (exact) mass is 388 g/mol. The first-order valence-corrected chi connectivity index (χ1v) is 10.8. The number of rotatable bonds is 6. The van der Waals surface area contributed by atoms with Crippen LogP contribution in [0, 0.1) is 5.41 Å². The normalized spacial score (nSPS) is 22.5. The van der Waals surface area contributed by atoms with Gasteiger partial charge in [-0.25, -0.2) is 13.1 Å². The number of hydrogen-bond acceptors (Lipinski definition) is 5. The highest BCUT2D eigenvalue weighted by Gasteiger charge is 2.47. The molecule has 0 saturated heterocycles. The molecular weight excluding hydrogens is 364 g/mol. The summed E-state index contributed by atoms with van der Waals surface area (Å²) in [4.78, 5) is 17.3. The van der Waals surface area contributed by atoms with Crippen LogP contribution in [-0.2, 0) is 26.0 Å². The number of aromatic nitrogens is 1. The van der Waals surface area contributed by atoms with Crippen LogP contribution in [0.3, 0.4) is 0 Å². The lowest BCUT2D eigenvalue weighted by molar-refractivity contribution is -0.152. The fourth-order valence-electron chi connectivity index (χ4n) is 3.86. The quantitative estimate of drug-likeness (QED) is 0.769. The second-order valence-electron chi connectivity index (χ2n) is 7.16. The van der Waals surface area contributed by atoms with Crippen molar-refractivity contribution >= 4 is 16.0 Å². The van der Waals surface area contributed by atoms with Crippen LogP contribution in [0.5, 0.6) is 0 Å². The van der Waals surface area contributed by atoms with Crippen LogP contribution in [0.4, 0.5) is 0 Å². The standard InChI is InChI=1S/C20H24N2O4S/c1-26-19(23)20(12-11-17(14-20)22-27(2,24)25)13-16-9-6-10-18(21-16)15-7-4-3-5-8-15/h3-10,17,22H,11-14H2,1-2H3/t17-,20+/m0/s1. The van der Waals surface area contributed by atoms with Gasteiger partial charge in [0.25, 0.3) is 0 Å². The molecule has 2 atom stereocenters. The molecule has 1 aliphatic rings. The van der Waals surface area contributed by atoms with Gasteiger partial charge in [-0.1, -0.05) is 36.4 Å². The number of esters is 1. The molecule has 1 aliphatic carbocycles. The van der Waals surface area contributed by atoms with Crippen molar-refractivity contribution in [3.8, 4) is 11.3 Å². The zero-order valence-corrected chi connectivity index (χ0v) is 16.3. The molecule has 1 aromatic heterocycles. The van der Waals surface area contributed by atoms with Gasteiger partial charge in [0.1, 0.15) is 0 Å². The van der Waals surface area contributed by atoms with Crippen LogP contribution < -0.4 is 4.72 Å². The second kappa shape index (κ2) is 7.78. The summed E-state index contributed by atoms with van der Waals surface area (Å²) in [5.41, 5.74) is 1.88. The minimum atomic E-state index is -3.32. The Morgan fingerprint density at radius 3 is 2.63 bits per heavy atom. The van der Waals surface area contributed by atoms with Gasteiger partial charge in [0, 0.05) is 23.7 Å². The van der Waals surface area contributed by atoms with Gasteiger partial charge in [-0.3, -0.25) is 9.78 Å². The molecule has 0 radical (unpaired) electrons. The summed E-state index contributed by atoms with van der Waals surface area (Å²) in [7, 11) is -1.95. The molecule has 6 nitrogen and oxygen atoms in total. The fourth-order valence-corrected chi connectivity index (χ4v) is 4.67. The number of hydrogen-bond donors (Lipinski definition) is 1. The van der Waals surface area contributed by atoms with Crippen LogP contribution in [-0.4, -0.2) is 38.8 Å². The maximum atomic E-state index is 12.6. The number of carbonyl (C=O) groups excluding carboxylic acids is 1. The lowest BCUT2D eigenvalue weighted by atomic mass is 9.81. The van der Waals surface area contributed by atoms with Gasteiger partial charge < -0.3 is 4.74 Å². The Kier molecular flexibility index (Phi) is 5.62. The molecule has 27 heavy (non-hydrogen) atoms. The summed E-state index contributed by atoms with van der Waals surface area (Å²) >= 11 is 0. The zero-order chi connectivity index (χ0) is 19.5. The fraction of sp³-hybridized carbons (Fsp3) is 0.400. The molecule has 3 rings (SSSR count).